The Hall–Kier alpha value is -0.353. The summed E-state index contributed by atoms with van der Waals surface area (Å²) in [6, 6.07) is 0. The molecule has 0 bridgehead atoms. The molecule has 0 aromatic heterocycles. The van der Waals surface area contributed by atoms with Gasteiger partial charge in [-0.05, 0) is 57.7 Å². The van der Waals surface area contributed by atoms with E-state index < -0.39 is 8.32 Å². The fraction of sp³-hybridized carbons (Fsp3) is 0.941. The fourth-order valence-corrected chi connectivity index (χ4v) is 3.62. The first kappa shape index (κ1) is 17.0. The maximum absolute atomic E-state index is 6.28. The molecule has 21 heavy (non-hydrogen) atoms. The third-order valence-corrected chi connectivity index (χ3v) is 9.88. The minimum absolute atomic E-state index is 0.0252. The molecule has 0 atom stereocenters. The zero-order valence-corrected chi connectivity index (χ0v) is 16.0. The summed E-state index contributed by atoms with van der Waals surface area (Å²) in [5.74, 6) is 1.03. The van der Waals surface area contributed by atoms with E-state index in [4.69, 9.17) is 14.2 Å². The summed E-state index contributed by atoms with van der Waals surface area (Å²) in [4.78, 5) is 4.78. The van der Waals surface area contributed by atoms with Crippen LogP contribution in [-0.4, -0.2) is 33.0 Å². The Bertz CT molecular complexity index is 417. The van der Waals surface area contributed by atoms with Crippen LogP contribution >= 0.6 is 0 Å². The maximum atomic E-state index is 6.28. The molecule has 0 aromatic carbocycles. The van der Waals surface area contributed by atoms with Gasteiger partial charge >= 0.3 is 0 Å². The van der Waals surface area contributed by atoms with Gasteiger partial charge in [-0.15, -0.1) is 0 Å². The smallest absolute Gasteiger partial charge is 0.191 e. The van der Waals surface area contributed by atoms with Crippen molar-refractivity contribution in [2.75, 3.05) is 13.2 Å². The van der Waals surface area contributed by atoms with Crippen molar-refractivity contribution in [2.45, 2.75) is 84.0 Å². The Morgan fingerprint density at radius 1 is 1.24 bits per heavy atom. The summed E-state index contributed by atoms with van der Waals surface area (Å²) < 4.78 is 12.1. The highest BCUT2D eigenvalue weighted by Crippen LogP contribution is 2.53. The van der Waals surface area contributed by atoms with Crippen molar-refractivity contribution in [2.24, 2.45) is 10.4 Å². The predicted molar refractivity (Wildman–Crippen MR) is 91.5 cm³/mol. The Balaban J connectivity index is 1.80. The zero-order valence-electron chi connectivity index (χ0n) is 15.0. The lowest BCUT2D eigenvalue weighted by Gasteiger charge is -2.36. The second kappa shape index (κ2) is 5.38. The average molecular weight is 312 g/mol. The molecule has 1 aliphatic heterocycles. The molecular formula is C17H33NO2Si. The van der Waals surface area contributed by atoms with Gasteiger partial charge in [-0.2, -0.15) is 0 Å². The molecule has 0 N–H and O–H groups in total. The molecule has 122 valence electrons. The monoisotopic (exact) mass is 311 g/mol. The van der Waals surface area contributed by atoms with Crippen LogP contribution in [0.5, 0.6) is 0 Å². The Morgan fingerprint density at radius 3 is 2.29 bits per heavy atom. The van der Waals surface area contributed by atoms with Gasteiger partial charge in [-0.3, -0.25) is 0 Å². The number of rotatable bonds is 6. The first-order valence-corrected chi connectivity index (χ1v) is 11.3. The second-order valence-electron chi connectivity index (χ2n) is 9.01. The quantitative estimate of drug-likeness (QED) is 0.522. The molecule has 0 spiro atoms. The molecule has 0 unspecified atom stereocenters. The molecule has 2 rings (SSSR count). The van der Waals surface area contributed by atoms with Crippen LogP contribution in [0.25, 0.3) is 0 Å². The zero-order chi connectivity index (χ0) is 15.9. The Morgan fingerprint density at radius 2 is 1.86 bits per heavy atom. The van der Waals surface area contributed by atoms with E-state index in [-0.39, 0.29) is 11.0 Å². The van der Waals surface area contributed by atoms with Crippen LogP contribution in [0.3, 0.4) is 0 Å². The van der Waals surface area contributed by atoms with E-state index in [0.717, 1.165) is 32.0 Å². The molecule has 2 aliphatic rings. The van der Waals surface area contributed by atoms with Crippen molar-refractivity contribution in [3.05, 3.63) is 0 Å². The van der Waals surface area contributed by atoms with Crippen LogP contribution in [0.15, 0.2) is 4.99 Å². The number of nitrogens with zero attached hydrogens (tertiary/aromatic N) is 1. The first-order chi connectivity index (χ1) is 9.48. The molecule has 3 nitrogen and oxygen atoms in total. The Labute approximate surface area is 131 Å². The van der Waals surface area contributed by atoms with Crippen molar-refractivity contribution < 1.29 is 9.16 Å². The summed E-state index contributed by atoms with van der Waals surface area (Å²) in [6.45, 7) is 17.5. The second-order valence-corrected chi connectivity index (χ2v) is 13.8. The van der Waals surface area contributed by atoms with Gasteiger partial charge in [0.1, 0.15) is 6.61 Å². The highest BCUT2D eigenvalue weighted by Gasteiger charge is 2.51. The maximum Gasteiger partial charge on any atom is 0.191 e. The van der Waals surface area contributed by atoms with Crippen molar-refractivity contribution >= 4 is 14.2 Å². The lowest BCUT2D eigenvalue weighted by atomic mass is 10.00. The van der Waals surface area contributed by atoms with Gasteiger partial charge in [0.05, 0.1) is 5.54 Å². The van der Waals surface area contributed by atoms with Crippen molar-refractivity contribution in [3.8, 4) is 0 Å². The largest absolute Gasteiger partial charge is 0.478 e. The van der Waals surface area contributed by atoms with E-state index in [0.29, 0.717) is 5.04 Å². The third-order valence-electron chi connectivity index (χ3n) is 5.34. The van der Waals surface area contributed by atoms with E-state index in [9.17, 15) is 0 Å². The van der Waals surface area contributed by atoms with Crippen LogP contribution in [-0.2, 0) is 9.16 Å². The van der Waals surface area contributed by atoms with Gasteiger partial charge < -0.3 is 9.16 Å². The molecule has 0 aromatic rings. The van der Waals surface area contributed by atoms with E-state index in [1.807, 2.05) is 0 Å². The summed E-state index contributed by atoms with van der Waals surface area (Å²) in [5, 5.41) is 0.299. The van der Waals surface area contributed by atoms with Crippen LogP contribution in [0.2, 0.25) is 18.1 Å². The van der Waals surface area contributed by atoms with Gasteiger partial charge in [0, 0.05) is 12.0 Å². The molecule has 0 radical (unpaired) electrons. The molecular weight excluding hydrogens is 278 g/mol. The fourth-order valence-electron chi connectivity index (χ4n) is 2.53. The Kier molecular flexibility index (Phi) is 4.35. The average Bonchev–Trinajstić information content (AvgIpc) is 3.02. The van der Waals surface area contributed by atoms with Crippen molar-refractivity contribution in [1.29, 1.82) is 0 Å². The number of hydrogen-bond donors (Lipinski definition) is 0. The minimum Gasteiger partial charge on any atom is -0.478 e. The molecule has 1 saturated carbocycles. The van der Waals surface area contributed by atoms with E-state index in [1.165, 1.54) is 12.8 Å². The summed E-state index contributed by atoms with van der Waals surface area (Å²) in [5.41, 5.74) is 0.229. The summed E-state index contributed by atoms with van der Waals surface area (Å²) in [6.07, 6.45) is 4.76. The van der Waals surface area contributed by atoms with Crippen LogP contribution in [0, 0.1) is 5.41 Å². The van der Waals surface area contributed by atoms with Crippen LogP contribution in [0.4, 0.5) is 0 Å². The van der Waals surface area contributed by atoms with Gasteiger partial charge in [0.25, 0.3) is 0 Å². The van der Waals surface area contributed by atoms with Crippen LogP contribution in [0.1, 0.15) is 60.3 Å². The standard InChI is InChI=1S/C17H33NO2Si/c1-15(2,3)21(6,7)20-12-8-9-17(10-11-17)14-18-16(4,5)13-19-14/h8-13H2,1-7H3. The van der Waals surface area contributed by atoms with E-state index in [1.54, 1.807) is 0 Å². The summed E-state index contributed by atoms with van der Waals surface area (Å²) in [7, 11) is -1.60. The topological polar surface area (TPSA) is 30.8 Å². The van der Waals surface area contributed by atoms with Crippen molar-refractivity contribution in [3.63, 3.8) is 0 Å². The van der Waals surface area contributed by atoms with Gasteiger partial charge in [-0.1, -0.05) is 20.8 Å². The van der Waals surface area contributed by atoms with Crippen LogP contribution < -0.4 is 0 Å². The predicted octanol–water partition coefficient (Wildman–Crippen LogP) is 4.78. The molecule has 0 saturated heterocycles. The first-order valence-electron chi connectivity index (χ1n) is 8.35. The number of ether oxygens (including phenoxy) is 1. The highest BCUT2D eigenvalue weighted by atomic mass is 28.4. The van der Waals surface area contributed by atoms with E-state index in [2.05, 4.69) is 47.7 Å². The number of hydrogen-bond acceptors (Lipinski definition) is 3. The van der Waals surface area contributed by atoms with Gasteiger partial charge in [0.15, 0.2) is 14.2 Å². The SMILES string of the molecule is CC1(C)COC(C2(CCCO[Si](C)(C)C(C)(C)C)CC2)=N1. The van der Waals surface area contributed by atoms with Gasteiger partial charge in [0.2, 0.25) is 0 Å². The normalized spacial score (nSPS) is 23.7. The lowest BCUT2D eigenvalue weighted by Crippen LogP contribution is -2.41. The van der Waals surface area contributed by atoms with E-state index >= 15 is 0 Å². The molecule has 0 amide bonds. The molecule has 1 heterocycles. The molecule has 1 aliphatic carbocycles. The van der Waals surface area contributed by atoms with Gasteiger partial charge in [-0.25, -0.2) is 4.99 Å². The lowest BCUT2D eigenvalue weighted by molar-refractivity contribution is 0.248. The third kappa shape index (κ3) is 3.89. The summed E-state index contributed by atoms with van der Waals surface area (Å²) >= 11 is 0. The molecule has 4 heteroatoms. The number of aliphatic imine (C=N–C) groups is 1. The van der Waals surface area contributed by atoms with Crippen molar-refractivity contribution in [1.82, 2.24) is 0 Å². The molecule has 1 fully saturated rings. The minimum atomic E-state index is -1.60. The highest BCUT2D eigenvalue weighted by molar-refractivity contribution is 6.74.